The zero-order valence-corrected chi connectivity index (χ0v) is 6.56. The first-order valence-electron chi connectivity index (χ1n) is 3.82. The van der Waals surface area contributed by atoms with Gasteiger partial charge in [-0.2, -0.15) is 4.99 Å². The molecule has 1 fully saturated rings. The quantitative estimate of drug-likeness (QED) is 0.467. The molecular formula is C7H10N2O3. The van der Waals surface area contributed by atoms with Gasteiger partial charge in [-0.25, -0.2) is 9.59 Å². The standard InChI is InChI=1S/C7H10N2O3/c10-5-8-6-3-1-2-4-9(6)7(11)12/h6H,1-4H2,(H,11,12). The predicted octanol–water partition coefficient (Wildman–Crippen LogP) is 0.812. The van der Waals surface area contributed by atoms with E-state index in [-0.39, 0.29) is 0 Å². The topological polar surface area (TPSA) is 70.0 Å². The lowest BCUT2D eigenvalue weighted by Crippen LogP contribution is -2.41. The summed E-state index contributed by atoms with van der Waals surface area (Å²) in [5, 5.41) is 8.67. The van der Waals surface area contributed by atoms with Gasteiger partial charge in [0.15, 0.2) is 0 Å². The van der Waals surface area contributed by atoms with Crippen molar-refractivity contribution in [1.29, 1.82) is 0 Å². The summed E-state index contributed by atoms with van der Waals surface area (Å²) >= 11 is 0. The van der Waals surface area contributed by atoms with E-state index in [0.29, 0.717) is 13.0 Å². The van der Waals surface area contributed by atoms with Crippen LogP contribution in [0.4, 0.5) is 4.79 Å². The van der Waals surface area contributed by atoms with Crippen LogP contribution >= 0.6 is 0 Å². The minimum absolute atomic E-state index is 0.463. The highest BCUT2D eigenvalue weighted by molar-refractivity contribution is 5.65. The van der Waals surface area contributed by atoms with Gasteiger partial charge in [0.05, 0.1) is 0 Å². The van der Waals surface area contributed by atoms with Crippen molar-refractivity contribution < 1.29 is 14.7 Å². The molecule has 0 aromatic heterocycles. The van der Waals surface area contributed by atoms with Crippen LogP contribution in [0, 0.1) is 0 Å². The molecule has 0 aliphatic carbocycles. The maximum absolute atomic E-state index is 10.6. The van der Waals surface area contributed by atoms with Gasteiger partial charge in [-0.1, -0.05) is 0 Å². The molecule has 1 N–H and O–H groups in total. The average Bonchev–Trinajstić information content (AvgIpc) is 2.05. The average molecular weight is 170 g/mol. The number of carboxylic acid groups (broad SMARTS) is 1. The first-order valence-corrected chi connectivity index (χ1v) is 3.82. The lowest BCUT2D eigenvalue weighted by atomic mass is 10.1. The Labute approximate surface area is 69.7 Å². The third-order valence-electron chi connectivity index (χ3n) is 1.92. The molecule has 0 radical (unpaired) electrons. The number of hydrogen-bond donors (Lipinski definition) is 1. The van der Waals surface area contributed by atoms with Gasteiger partial charge in [0.2, 0.25) is 6.08 Å². The Balaban J connectivity index is 2.66. The van der Waals surface area contributed by atoms with Crippen molar-refractivity contribution in [2.45, 2.75) is 25.4 Å². The first kappa shape index (κ1) is 8.74. The van der Waals surface area contributed by atoms with Gasteiger partial charge >= 0.3 is 6.09 Å². The van der Waals surface area contributed by atoms with Gasteiger partial charge in [0.25, 0.3) is 0 Å². The van der Waals surface area contributed by atoms with Gasteiger partial charge < -0.3 is 5.11 Å². The van der Waals surface area contributed by atoms with Crippen LogP contribution < -0.4 is 0 Å². The fraction of sp³-hybridized carbons (Fsp3) is 0.714. The Bertz CT molecular complexity index is 213. The minimum atomic E-state index is -1.02. The second kappa shape index (κ2) is 3.88. The molecule has 1 aliphatic rings. The summed E-state index contributed by atoms with van der Waals surface area (Å²) in [6.45, 7) is 0.463. The normalized spacial score (nSPS) is 23.0. The summed E-state index contributed by atoms with van der Waals surface area (Å²) in [5.41, 5.74) is 0. The van der Waals surface area contributed by atoms with Crippen molar-refractivity contribution in [3.05, 3.63) is 0 Å². The van der Waals surface area contributed by atoms with Crippen molar-refractivity contribution in [3.63, 3.8) is 0 Å². The van der Waals surface area contributed by atoms with E-state index in [1.807, 2.05) is 0 Å². The molecule has 0 bridgehead atoms. The molecule has 1 atom stereocenters. The SMILES string of the molecule is O=C=NC1CCCCN1C(=O)O. The smallest absolute Gasteiger partial charge is 0.409 e. The predicted molar refractivity (Wildman–Crippen MR) is 40.5 cm³/mol. The zero-order valence-electron chi connectivity index (χ0n) is 6.56. The maximum atomic E-state index is 10.6. The van der Waals surface area contributed by atoms with Crippen LogP contribution in [0.2, 0.25) is 0 Å². The molecule has 12 heavy (non-hydrogen) atoms. The number of likely N-dealkylation sites (tertiary alicyclic amines) is 1. The number of amides is 1. The monoisotopic (exact) mass is 170 g/mol. The Hall–Kier alpha value is -1.35. The molecule has 0 spiro atoms. The van der Waals surface area contributed by atoms with Crippen LogP contribution in [-0.4, -0.2) is 34.9 Å². The van der Waals surface area contributed by atoms with E-state index in [2.05, 4.69) is 4.99 Å². The number of nitrogens with zero attached hydrogens (tertiary/aromatic N) is 2. The number of carbonyl (C=O) groups is 1. The number of rotatable bonds is 1. The Morgan fingerprint density at radius 2 is 2.33 bits per heavy atom. The molecule has 66 valence electrons. The molecule has 1 rings (SSSR count). The molecule has 0 saturated carbocycles. The van der Waals surface area contributed by atoms with Gasteiger partial charge in [0.1, 0.15) is 6.17 Å². The molecule has 0 aromatic rings. The summed E-state index contributed by atoms with van der Waals surface area (Å²) in [4.78, 5) is 25.1. The molecule has 1 unspecified atom stereocenters. The highest BCUT2D eigenvalue weighted by Crippen LogP contribution is 2.17. The van der Waals surface area contributed by atoms with E-state index in [1.54, 1.807) is 0 Å². The van der Waals surface area contributed by atoms with Gasteiger partial charge in [-0.15, -0.1) is 0 Å². The third-order valence-corrected chi connectivity index (χ3v) is 1.92. The summed E-state index contributed by atoms with van der Waals surface area (Å²) < 4.78 is 0. The molecule has 1 heterocycles. The highest BCUT2D eigenvalue weighted by atomic mass is 16.4. The van der Waals surface area contributed by atoms with Crippen LogP contribution in [0.5, 0.6) is 0 Å². The second-order valence-electron chi connectivity index (χ2n) is 2.67. The van der Waals surface area contributed by atoms with Crippen molar-refractivity contribution in [1.82, 2.24) is 4.90 Å². The summed E-state index contributed by atoms with van der Waals surface area (Å²) in [6.07, 6.45) is 2.26. The second-order valence-corrected chi connectivity index (χ2v) is 2.67. The molecule has 5 nitrogen and oxygen atoms in total. The third kappa shape index (κ3) is 1.83. The fourth-order valence-electron chi connectivity index (χ4n) is 1.33. The maximum Gasteiger partial charge on any atom is 0.409 e. The largest absolute Gasteiger partial charge is 0.465 e. The highest BCUT2D eigenvalue weighted by Gasteiger charge is 2.25. The van der Waals surface area contributed by atoms with Gasteiger partial charge in [-0.05, 0) is 19.3 Å². The molecule has 1 amide bonds. The number of carbonyl (C=O) groups excluding carboxylic acids is 1. The molecule has 5 heteroatoms. The van der Waals surface area contributed by atoms with E-state index in [4.69, 9.17) is 5.11 Å². The summed E-state index contributed by atoms with van der Waals surface area (Å²) in [6, 6.07) is 0. The summed E-state index contributed by atoms with van der Waals surface area (Å²) in [7, 11) is 0. The zero-order chi connectivity index (χ0) is 8.97. The van der Waals surface area contributed by atoms with E-state index < -0.39 is 12.3 Å². The van der Waals surface area contributed by atoms with Crippen molar-refractivity contribution in [2.75, 3.05) is 6.54 Å². The first-order chi connectivity index (χ1) is 5.75. The van der Waals surface area contributed by atoms with Crippen LogP contribution in [0.3, 0.4) is 0 Å². The molecule has 1 aliphatic heterocycles. The number of hydrogen-bond acceptors (Lipinski definition) is 3. The van der Waals surface area contributed by atoms with Gasteiger partial charge in [0, 0.05) is 6.54 Å². The Kier molecular flexibility index (Phi) is 2.82. The summed E-state index contributed by atoms with van der Waals surface area (Å²) in [5.74, 6) is 0. The van der Waals surface area contributed by atoms with Crippen LogP contribution in [0.25, 0.3) is 0 Å². The van der Waals surface area contributed by atoms with Crippen LogP contribution in [0.1, 0.15) is 19.3 Å². The van der Waals surface area contributed by atoms with Crippen molar-refractivity contribution in [2.24, 2.45) is 4.99 Å². The van der Waals surface area contributed by atoms with E-state index in [9.17, 15) is 9.59 Å². The fourth-order valence-corrected chi connectivity index (χ4v) is 1.33. The molecular weight excluding hydrogens is 160 g/mol. The number of piperidine rings is 1. The van der Waals surface area contributed by atoms with Crippen LogP contribution in [0.15, 0.2) is 4.99 Å². The van der Waals surface area contributed by atoms with Crippen molar-refractivity contribution in [3.8, 4) is 0 Å². The Morgan fingerprint density at radius 3 is 2.92 bits per heavy atom. The Morgan fingerprint density at radius 1 is 1.58 bits per heavy atom. The van der Waals surface area contributed by atoms with E-state index in [0.717, 1.165) is 12.8 Å². The molecule has 1 saturated heterocycles. The number of aliphatic imine (C=N–C) groups is 1. The number of isocyanates is 1. The lowest BCUT2D eigenvalue weighted by molar-refractivity contribution is 0.109. The van der Waals surface area contributed by atoms with Crippen LogP contribution in [-0.2, 0) is 4.79 Å². The minimum Gasteiger partial charge on any atom is -0.465 e. The van der Waals surface area contributed by atoms with E-state index >= 15 is 0 Å². The molecule has 0 aromatic carbocycles. The lowest BCUT2D eigenvalue weighted by Gasteiger charge is -2.29. The van der Waals surface area contributed by atoms with Gasteiger partial charge in [-0.3, -0.25) is 4.90 Å². The van der Waals surface area contributed by atoms with E-state index in [1.165, 1.54) is 11.0 Å². The van der Waals surface area contributed by atoms with Crippen molar-refractivity contribution >= 4 is 12.2 Å².